The lowest BCUT2D eigenvalue weighted by atomic mass is 10.1. The standard InChI is InChI=1S/C12H10ClNO4/c1-2-18-12(17)11(16)7-3-6-5-9(15)14-10(6)8(13)4-7/h3-4H,2,5H2,1H3,(H,14,15). The van der Waals surface area contributed by atoms with Gasteiger partial charge in [0.15, 0.2) is 0 Å². The zero-order valence-electron chi connectivity index (χ0n) is 9.58. The second-order valence-electron chi connectivity index (χ2n) is 3.77. The van der Waals surface area contributed by atoms with Gasteiger partial charge in [-0.05, 0) is 24.6 Å². The number of hydrogen-bond acceptors (Lipinski definition) is 4. The van der Waals surface area contributed by atoms with E-state index in [1.54, 1.807) is 6.92 Å². The van der Waals surface area contributed by atoms with Crippen LogP contribution in [0.25, 0.3) is 0 Å². The molecule has 1 heterocycles. The molecule has 0 spiro atoms. The fourth-order valence-corrected chi connectivity index (χ4v) is 2.03. The van der Waals surface area contributed by atoms with Gasteiger partial charge in [-0.25, -0.2) is 4.79 Å². The van der Waals surface area contributed by atoms with Crippen molar-refractivity contribution in [1.82, 2.24) is 0 Å². The average Bonchev–Trinajstić information content (AvgIpc) is 2.69. The van der Waals surface area contributed by atoms with Gasteiger partial charge in [-0.3, -0.25) is 9.59 Å². The Morgan fingerprint density at radius 1 is 1.44 bits per heavy atom. The maximum absolute atomic E-state index is 11.7. The Hall–Kier alpha value is -1.88. The molecular formula is C12H10ClNO4. The Kier molecular flexibility index (Phi) is 3.34. The van der Waals surface area contributed by atoms with E-state index in [4.69, 9.17) is 11.6 Å². The van der Waals surface area contributed by atoms with Crippen LogP contribution in [0.5, 0.6) is 0 Å². The minimum atomic E-state index is -0.925. The molecule has 0 saturated carbocycles. The Balaban J connectivity index is 2.34. The molecule has 18 heavy (non-hydrogen) atoms. The first-order valence-corrected chi connectivity index (χ1v) is 5.74. The lowest BCUT2D eigenvalue weighted by Gasteiger charge is -2.05. The summed E-state index contributed by atoms with van der Waals surface area (Å²) in [5, 5.41) is 2.83. The van der Waals surface area contributed by atoms with E-state index in [-0.39, 0.29) is 29.5 Å². The quantitative estimate of drug-likeness (QED) is 0.513. The fraction of sp³-hybridized carbons (Fsp3) is 0.250. The number of benzene rings is 1. The molecule has 2 rings (SSSR count). The molecule has 1 amide bonds. The predicted octanol–water partition coefficient (Wildman–Crippen LogP) is 1.58. The third kappa shape index (κ3) is 2.22. The second-order valence-corrected chi connectivity index (χ2v) is 4.17. The SMILES string of the molecule is CCOC(=O)C(=O)c1cc(Cl)c2c(c1)CC(=O)N2. The van der Waals surface area contributed by atoms with Gasteiger partial charge in [-0.2, -0.15) is 0 Å². The second kappa shape index (κ2) is 4.78. The Labute approximate surface area is 108 Å². The summed E-state index contributed by atoms with van der Waals surface area (Å²) in [6, 6.07) is 2.84. The van der Waals surface area contributed by atoms with Crippen molar-refractivity contribution in [3.8, 4) is 0 Å². The van der Waals surface area contributed by atoms with Gasteiger partial charge in [0.25, 0.3) is 5.78 Å². The number of nitrogens with one attached hydrogen (secondary N) is 1. The summed E-state index contributed by atoms with van der Waals surface area (Å²) in [5.41, 5.74) is 1.25. The van der Waals surface area contributed by atoms with Crippen LogP contribution >= 0.6 is 11.6 Å². The lowest BCUT2D eigenvalue weighted by molar-refractivity contribution is -0.137. The highest BCUT2D eigenvalue weighted by molar-refractivity contribution is 6.42. The van der Waals surface area contributed by atoms with Crippen LogP contribution in [0.3, 0.4) is 0 Å². The molecule has 94 valence electrons. The van der Waals surface area contributed by atoms with E-state index in [1.165, 1.54) is 12.1 Å². The molecule has 0 bridgehead atoms. The van der Waals surface area contributed by atoms with Crippen molar-refractivity contribution < 1.29 is 19.1 Å². The summed E-state index contributed by atoms with van der Waals surface area (Å²) in [4.78, 5) is 34.3. The largest absolute Gasteiger partial charge is 0.460 e. The number of ketones is 1. The molecule has 1 aliphatic heterocycles. The zero-order chi connectivity index (χ0) is 13.3. The number of ether oxygens (including phenoxy) is 1. The molecule has 1 N–H and O–H groups in total. The molecule has 0 radical (unpaired) electrons. The maximum atomic E-state index is 11.7. The van der Waals surface area contributed by atoms with Gasteiger partial charge < -0.3 is 10.1 Å². The van der Waals surface area contributed by atoms with Crippen LogP contribution in [-0.2, 0) is 20.7 Å². The molecule has 1 aromatic rings. The normalized spacial score (nSPS) is 12.9. The molecule has 1 aliphatic rings. The molecular weight excluding hydrogens is 258 g/mol. The topological polar surface area (TPSA) is 72.5 Å². The molecule has 0 saturated heterocycles. The number of carbonyl (C=O) groups excluding carboxylic acids is 3. The molecule has 0 unspecified atom stereocenters. The van der Waals surface area contributed by atoms with E-state index in [0.29, 0.717) is 11.3 Å². The number of carbonyl (C=O) groups is 3. The Morgan fingerprint density at radius 2 is 2.17 bits per heavy atom. The molecule has 6 heteroatoms. The molecule has 0 aromatic heterocycles. The van der Waals surface area contributed by atoms with Gasteiger partial charge in [-0.15, -0.1) is 0 Å². The smallest absolute Gasteiger partial charge is 0.379 e. The van der Waals surface area contributed by atoms with E-state index >= 15 is 0 Å². The van der Waals surface area contributed by atoms with E-state index in [1.807, 2.05) is 0 Å². The van der Waals surface area contributed by atoms with Gasteiger partial charge in [-0.1, -0.05) is 11.6 Å². The number of esters is 1. The van der Waals surface area contributed by atoms with Crippen LogP contribution in [0.15, 0.2) is 12.1 Å². The Bertz CT molecular complexity index is 553. The summed E-state index contributed by atoms with van der Waals surface area (Å²) in [7, 11) is 0. The van der Waals surface area contributed by atoms with E-state index in [2.05, 4.69) is 10.1 Å². The van der Waals surface area contributed by atoms with Crippen molar-refractivity contribution in [2.24, 2.45) is 0 Å². The highest BCUT2D eigenvalue weighted by Gasteiger charge is 2.25. The van der Waals surface area contributed by atoms with Crippen molar-refractivity contribution in [3.63, 3.8) is 0 Å². The van der Waals surface area contributed by atoms with Crippen LogP contribution in [-0.4, -0.2) is 24.3 Å². The number of rotatable bonds is 3. The maximum Gasteiger partial charge on any atom is 0.379 e. The van der Waals surface area contributed by atoms with Gasteiger partial charge in [0.05, 0.1) is 23.7 Å². The van der Waals surface area contributed by atoms with Gasteiger partial charge in [0.2, 0.25) is 5.91 Å². The van der Waals surface area contributed by atoms with E-state index in [0.717, 1.165) is 0 Å². The van der Waals surface area contributed by atoms with Crippen LogP contribution in [0.4, 0.5) is 5.69 Å². The molecule has 0 fully saturated rings. The number of hydrogen-bond donors (Lipinski definition) is 1. The zero-order valence-corrected chi connectivity index (χ0v) is 10.3. The third-order valence-electron chi connectivity index (χ3n) is 2.51. The van der Waals surface area contributed by atoms with E-state index in [9.17, 15) is 14.4 Å². The van der Waals surface area contributed by atoms with Gasteiger partial charge >= 0.3 is 5.97 Å². The molecule has 0 atom stereocenters. The summed E-state index contributed by atoms with van der Waals surface area (Å²) in [6.45, 7) is 1.74. The number of Topliss-reactive ketones (excluding diaryl/α,β-unsaturated/α-hetero) is 1. The first kappa shape index (κ1) is 12.6. The fourth-order valence-electron chi connectivity index (χ4n) is 1.75. The number of amides is 1. The van der Waals surface area contributed by atoms with Crippen molar-refractivity contribution >= 4 is 34.9 Å². The van der Waals surface area contributed by atoms with Crippen molar-refractivity contribution in [3.05, 3.63) is 28.3 Å². The molecule has 1 aromatic carbocycles. The monoisotopic (exact) mass is 267 g/mol. The lowest BCUT2D eigenvalue weighted by Crippen LogP contribution is -2.17. The van der Waals surface area contributed by atoms with Gasteiger partial charge in [0, 0.05) is 5.56 Å². The minimum Gasteiger partial charge on any atom is -0.460 e. The summed E-state index contributed by atoms with van der Waals surface area (Å²) < 4.78 is 4.62. The highest BCUT2D eigenvalue weighted by atomic mass is 35.5. The van der Waals surface area contributed by atoms with Crippen molar-refractivity contribution in [2.45, 2.75) is 13.3 Å². The van der Waals surface area contributed by atoms with Crippen LogP contribution < -0.4 is 5.32 Å². The minimum absolute atomic E-state index is 0.128. The predicted molar refractivity (Wildman–Crippen MR) is 64.7 cm³/mol. The molecule has 0 aliphatic carbocycles. The summed E-state index contributed by atoms with van der Waals surface area (Å²) >= 11 is 5.95. The van der Waals surface area contributed by atoms with Gasteiger partial charge in [0.1, 0.15) is 0 Å². The highest BCUT2D eigenvalue weighted by Crippen LogP contribution is 2.32. The van der Waals surface area contributed by atoms with Crippen LogP contribution in [0, 0.1) is 0 Å². The van der Waals surface area contributed by atoms with Crippen molar-refractivity contribution in [2.75, 3.05) is 11.9 Å². The first-order valence-electron chi connectivity index (χ1n) is 5.36. The number of fused-ring (bicyclic) bond motifs is 1. The first-order chi connectivity index (χ1) is 8.52. The molecule has 5 nitrogen and oxygen atoms in total. The summed E-state index contributed by atoms with van der Waals surface area (Å²) in [6.07, 6.45) is 0.152. The number of anilines is 1. The van der Waals surface area contributed by atoms with Crippen LogP contribution in [0.2, 0.25) is 5.02 Å². The van der Waals surface area contributed by atoms with E-state index < -0.39 is 11.8 Å². The number of halogens is 1. The van der Waals surface area contributed by atoms with Crippen LogP contribution in [0.1, 0.15) is 22.8 Å². The Morgan fingerprint density at radius 3 is 2.83 bits per heavy atom. The third-order valence-corrected chi connectivity index (χ3v) is 2.81. The van der Waals surface area contributed by atoms with Crippen molar-refractivity contribution in [1.29, 1.82) is 0 Å². The summed E-state index contributed by atoms with van der Waals surface area (Å²) in [5.74, 6) is -1.88. The average molecular weight is 268 g/mol.